The normalized spacial score (nSPS) is 13.8. The van der Waals surface area contributed by atoms with E-state index in [0.717, 1.165) is 11.1 Å². The summed E-state index contributed by atoms with van der Waals surface area (Å²) in [6.07, 6.45) is 1.70. The van der Waals surface area contributed by atoms with Gasteiger partial charge in [0.05, 0.1) is 16.6 Å². The van der Waals surface area contributed by atoms with Crippen LogP contribution in [0.25, 0.3) is 0 Å². The van der Waals surface area contributed by atoms with Crippen LogP contribution in [0.5, 0.6) is 0 Å². The minimum Gasteiger partial charge on any atom is -0.288 e. The van der Waals surface area contributed by atoms with Gasteiger partial charge in [0.25, 0.3) is 5.91 Å². The third-order valence-corrected chi connectivity index (χ3v) is 3.85. The quantitative estimate of drug-likeness (QED) is 0.800. The van der Waals surface area contributed by atoms with Crippen LogP contribution in [-0.2, 0) is 6.54 Å². The highest BCUT2D eigenvalue weighted by molar-refractivity contribution is 6.42. The van der Waals surface area contributed by atoms with Gasteiger partial charge in [0.15, 0.2) is 0 Å². The van der Waals surface area contributed by atoms with E-state index < -0.39 is 0 Å². The average Bonchev–Trinajstić information content (AvgIpc) is 2.68. The van der Waals surface area contributed by atoms with E-state index in [1.54, 1.807) is 23.2 Å². The van der Waals surface area contributed by atoms with Gasteiger partial charge in [0, 0.05) is 11.8 Å². The van der Waals surface area contributed by atoms with Crippen LogP contribution in [-0.4, -0.2) is 10.9 Å². The molecule has 96 valence electrons. The van der Waals surface area contributed by atoms with Gasteiger partial charge in [0.1, 0.15) is 5.82 Å². The molecule has 0 aliphatic carbocycles. The van der Waals surface area contributed by atoms with Crippen molar-refractivity contribution in [1.82, 2.24) is 4.98 Å². The van der Waals surface area contributed by atoms with E-state index in [9.17, 15) is 4.79 Å². The first-order valence-electron chi connectivity index (χ1n) is 5.78. The second-order valence-corrected chi connectivity index (χ2v) is 5.32. The lowest BCUT2D eigenvalue weighted by Crippen LogP contribution is -2.24. The van der Waals surface area contributed by atoms with E-state index in [1.165, 1.54) is 0 Å². The summed E-state index contributed by atoms with van der Waals surface area (Å²) in [5, 5.41) is 0.861. The molecule has 2 aromatic rings. The minimum atomic E-state index is -0.0910. The number of nitrogens with zero attached hydrogens (tertiary/aromatic N) is 2. The van der Waals surface area contributed by atoms with Crippen LogP contribution in [0.4, 0.5) is 5.82 Å². The zero-order chi connectivity index (χ0) is 13.6. The monoisotopic (exact) mass is 292 g/mol. The Morgan fingerprint density at radius 1 is 1.21 bits per heavy atom. The molecule has 1 amide bonds. The van der Waals surface area contributed by atoms with Gasteiger partial charge in [-0.3, -0.25) is 9.69 Å². The van der Waals surface area contributed by atoms with Crippen LogP contribution in [0, 0.1) is 6.92 Å². The van der Waals surface area contributed by atoms with Gasteiger partial charge in [-0.15, -0.1) is 0 Å². The van der Waals surface area contributed by atoms with Crippen LogP contribution in [0.3, 0.4) is 0 Å². The molecule has 0 saturated carbocycles. The predicted octanol–water partition coefficient (Wildman–Crippen LogP) is 3.86. The highest BCUT2D eigenvalue weighted by atomic mass is 35.5. The number of rotatable bonds is 1. The van der Waals surface area contributed by atoms with E-state index in [4.69, 9.17) is 23.2 Å². The fraction of sp³-hybridized carbons (Fsp3) is 0.143. The largest absolute Gasteiger partial charge is 0.288 e. The van der Waals surface area contributed by atoms with Crippen molar-refractivity contribution in [2.45, 2.75) is 13.5 Å². The van der Waals surface area contributed by atoms with Crippen LogP contribution in [0.15, 0.2) is 30.5 Å². The minimum absolute atomic E-state index is 0.0910. The summed E-state index contributed by atoms with van der Waals surface area (Å²) in [5.74, 6) is 0.556. The third kappa shape index (κ3) is 2.09. The number of hydrogen-bond acceptors (Lipinski definition) is 2. The van der Waals surface area contributed by atoms with Gasteiger partial charge in [-0.25, -0.2) is 4.98 Å². The Balaban J connectivity index is 2.04. The Morgan fingerprint density at radius 3 is 2.68 bits per heavy atom. The molecular formula is C14H10Cl2N2O. The highest BCUT2D eigenvalue weighted by Crippen LogP contribution is 2.33. The maximum atomic E-state index is 12.4. The molecule has 19 heavy (non-hydrogen) atoms. The molecule has 0 N–H and O–H groups in total. The van der Waals surface area contributed by atoms with Crippen LogP contribution >= 0.6 is 23.2 Å². The Hall–Kier alpha value is -1.58. The van der Waals surface area contributed by atoms with Crippen molar-refractivity contribution >= 4 is 34.9 Å². The lowest BCUT2D eigenvalue weighted by Gasteiger charge is -2.14. The maximum Gasteiger partial charge on any atom is 0.260 e. The van der Waals surface area contributed by atoms with Crippen molar-refractivity contribution in [1.29, 1.82) is 0 Å². The van der Waals surface area contributed by atoms with Gasteiger partial charge in [-0.05, 0) is 42.3 Å². The lowest BCUT2D eigenvalue weighted by molar-refractivity contribution is 0.0996. The number of hydrogen-bond donors (Lipinski definition) is 0. The fourth-order valence-corrected chi connectivity index (χ4v) is 2.51. The van der Waals surface area contributed by atoms with Crippen molar-refractivity contribution < 1.29 is 4.79 Å². The van der Waals surface area contributed by atoms with Gasteiger partial charge in [-0.2, -0.15) is 0 Å². The number of fused-ring (bicyclic) bond motifs is 1. The van der Waals surface area contributed by atoms with Gasteiger partial charge in [-0.1, -0.05) is 23.2 Å². The summed E-state index contributed by atoms with van der Waals surface area (Å²) in [5.41, 5.74) is 2.53. The number of carbonyl (C=O) groups excluding carboxylic acids is 1. The molecular weight excluding hydrogens is 283 g/mol. The molecule has 3 rings (SSSR count). The molecule has 1 aliphatic heterocycles. The molecule has 1 aliphatic rings. The topological polar surface area (TPSA) is 33.2 Å². The molecule has 0 fully saturated rings. The molecule has 1 aromatic heterocycles. The van der Waals surface area contributed by atoms with Crippen molar-refractivity contribution in [3.63, 3.8) is 0 Å². The highest BCUT2D eigenvalue weighted by Gasteiger charge is 2.30. The Morgan fingerprint density at radius 2 is 1.95 bits per heavy atom. The number of benzene rings is 1. The summed E-state index contributed by atoms with van der Waals surface area (Å²) in [6.45, 7) is 2.44. The first-order valence-corrected chi connectivity index (χ1v) is 6.54. The van der Waals surface area contributed by atoms with E-state index in [1.807, 2.05) is 19.1 Å². The van der Waals surface area contributed by atoms with Gasteiger partial charge >= 0.3 is 0 Å². The number of amides is 1. The SMILES string of the molecule is Cc1ccnc(N2Cc3cc(Cl)c(Cl)cc3C2=O)c1. The standard InChI is InChI=1S/C14H10Cl2N2O/c1-8-2-3-17-13(4-8)18-7-9-5-11(15)12(16)6-10(9)14(18)19/h2-6H,7H2,1H3. The third-order valence-electron chi connectivity index (χ3n) is 3.13. The average molecular weight is 293 g/mol. The molecule has 0 saturated heterocycles. The summed E-state index contributed by atoms with van der Waals surface area (Å²) >= 11 is 11.9. The molecule has 1 aromatic carbocycles. The first kappa shape index (κ1) is 12.5. The first-order chi connectivity index (χ1) is 9.06. The van der Waals surface area contributed by atoms with Crippen LogP contribution in [0.2, 0.25) is 10.0 Å². The Kier molecular flexibility index (Phi) is 2.96. The smallest absolute Gasteiger partial charge is 0.260 e. The summed E-state index contributed by atoms with van der Waals surface area (Å²) in [4.78, 5) is 18.2. The Bertz CT molecular complexity index is 685. The van der Waals surface area contributed by atoms with Crippen LogP contribution in [0.1, 0.15) is 21.5 Å². The number of aromatic nitrogens is 1. The number of halogens is 2. The van der Waals surface area contributed by atoms with E-state index >= 15 is 0 Å². The lowest BCUT2D eigenvalue weighted by atomic mass is 10.1. The number of aryl methyl sites for hydroxylation is 1. The fourth-order valence-electron chi connectivity index (χ4n) is 2.16. The molecule has 3 nitrogen and oxygen atoms in total. The zero-order valence-corrected chi connectivity index (χ0v) is 11.7. The number of pyridine rings is 1. The van der Waals surface area contributed by atoms with Crippen molar-refractivity contribution in [2.24, 2.45) is 0 Å². The van der Waals surface area contributed by atoms with E-state index in [0.29, 0.717) is 28.0 Å². The molecule has 0 atom stereocenters. The molecule has 2 heterocycles. The zero-order valence-electron chi connectivity index (χ0n) is 10.2. The Labute approximate surface area is 120 Å². The van der Waals surface area contributed by atoms with E-state index in [2.05, 4.69) is 4.98 Å². The second kappa shape index (κ2) is 4.51. The van der Waals surface area contributed by atoms with Crippen molar-refractivity contribution in [3.8, 4) is 0 Å². The summed E-state index contributed by atoms with van der Waals surface area (Å²) < 4.78 is 0. The van der Waals surface area contributed by atoms with Crippen molar-refractivity contribution in [2.75, 3.05) is 4.90 Å². The van der Waals surface area contributed by atoms with Gasteiger partial charge < -0.3 is 0 Å². The molecule has 0 unspecified atom stereocenters. The maximum absolute atomic E-state index is 12.4. The van der Waals surface area contributed by atoms with E-state index in [-0.39, 0.29) is 5.91 Å². The molecule has 0 spiro atoms. The van der Waals surface area contributed by atoms with Crippen molar-refractivity contribution in [3.05, 3.63) is 57.2 Å². The number of anilines is 1. The molecule has 0 bridgehead atoms. The number of carbonyl (C=O) groups is 1. The summed E-state index contributed by atoms with van der Waals surface area (Å²) in [6, 6.07) is 7.14. The molecule has 5 heteroatoms. The molecule has 0 radical (unpaired) electrons. The predicted molar refractivity (Wildman–Crippen MR) is 75.9 cm³/mol. The van der Waals surface area contributed by atoms with Gasteiger partial charge in [0.2, 0.25) is 0 Å². The van der Waals surface area contributed by atoms with Crippen LogP contribution < -0.4 is 4.90 Å². The second-order valence-electron chi connectivity index (χ2n) is 4.51. The summed E-state index contributed by atoms with van der Waals surface area (Å²) in [7, 11) is 0.